The molecule has 0 aromatic heterocycles. The Kier molecular flexibility index (Phi) is 5.93. The maximum atomic E-state index is 12.8. The molecular formula is C24H28N4O3. The third-order valence-corrected chi connectivity index (χ3v) is 6.03. The van der Waals surface area contributed by atoms with Crippen LogP contribution in [0.15, 0.2) is 42.5 Å². The van der Waals surface area contributed by atoms with Gasteiger partial charge in [-0.3, -0.25) is 9.69 Å². The molecule has 2 heterocycles. The van der Waals surface area contributed by atoms with E-state index in [2.05, 4.69) is 23.6 Å². The summed E-state index contributed by atoms with van der Waals surface area (Å²) in [5.74, 6) is -0.00507. The monoisotopic (exact) mass is 420 g/mol. The van der Waals surface area contributed by atoms with Gasteiger partial charge in [0.1, 0.15) is 0 Å². The van der Waals surface area contributed by atoms with Gasteiger partial charge in [0.2, 0.25) is 0 Å². The molecule has 1 saturated heterocycles. The van der Waals surface area contributed by atoms with Crippen molar-refractivity contribution in [3.63, 3.8) is 0 Å². The van der Waals surface area contributed by atoms with Gasteiger partial charge >= 0.3 is 12.1 Å². The van der Waals surface area contributed by atoms with Crippen LogP contribution >= 0.6 is 0 Å². The Morgan fingerprint density at radius 3 is 2.32 bits per heavy atom. The summed E-state index contributed by atoms with van der Waals surface area (Å²) in [6.07, 6.45) is 2.32. The quantitative estimate of drug-likeness (QED) is 0.738. The van der Waals surface area contributed by atoms with E-state index in [1.165, 1.54) is 18.1 Å². The molecule has 0 saturated carbocycles. The molecular weight excluding hydrogens is 392 g/mol. The molecule has 1 fully saturated rings. The van der Waals surface area contributed by atoms with Crippen molar-refractivity contribution < 1.29 is 14.4 Å². The predicted octanol–water partition coefficient (Wildman–Crippen LogP) is 3.97. The Morgan fingerprint density at radius 1 is 0.935 bits per heavy atom. The van der Waals surface area contributed by atoms with Gasteiger partial charge in [-0.2, -0.15) is 0 Å². The van der Waals surface area contributed by atoms with E-state index in [-0.39, 0.29) is 23.9 Å². The number of urea groups is 2. The van der Waals surface area contributed by atoms with E-state index in [0.29, 0.717) is 30.9 Å². The molecule has 2 aliphatic rings. The highest BCUT2D eigenvalue weighted by atomic mass is 16.2. The van der Waals surface area contributed by atoms with Crippen LogP contribution in [0.25, 0.3) is 0 Å². The maximum Gasteiger partial charge on any atom is 0.322 e. The van der Waals surface area contributed by atoms with Crippen LogP contribution < -0.4 is 15.5 Å². The fourth-order valence-corrected chi connectivity index (χ4v) is 4.21. The Hall–Kier alpha value is -3.35. The van der Waals surface area contributed by atoms with Gasteiger partial charge < -0.3 is 15.5 Å². The Morgan fingerprint density at radius 2 is 1.65 bits per heavy atom. The molecule has 4 rings (SSSR count). The van der Waals surface area contributed by atoms with Crippen LogP contribution in [0.3, 0.4) is 0 Å². The molecule has 7 nitrogen and oxygen atoms in total. The summed E-state index contributed by atoms with van der Waals surface area (Å²) >= 11 is 0. The predicted molar refractivity (Wildman–Crippen MR) is 121 cm³/mol. The summed E-state index contributed by atoms with van der Waals surface area (Å²) in [6.45, 7) is 5.44. The van der Waals surface area contributed by atoms with E-state index in [1.54, 1.807) is 29.2 Å². The number of hydrogen-bond donors (Lipinski definition) is 2. The molecule has 0 atom stereocenters. The lowest BCUT2D eigenvalue weighted by atomic mass is 10.1. The summed E-state index contributed by atoms with van der Waals surface area (Å²) in [4.78, 5) is 40.3. The van der Waals surface area contributed by atoms with Crippen LogP contribution in [0.2, 0.25) is 0 Å². The van der Waals surface area contributed by atoms with Crippen molar-refractivity contribution in [2.75, 3.05) is 29.9 Å². The summed E-state index contributed by atoms with van der Waals surface area (Å²) < 4.78 is 0. The first-order valence-electron chi connectivity index (χ1n) is 10.8. The number of nitrogens with one attached hydrogen (secondary N) is 2. The van der Waals surface area contributed by atoms with E-state index in [0.717, 1.165) is 24.9 Å². The van der Waals surface area contributed by atoms with Crippen LogP contribution in [-0.2, 0) is 6.42 Å². The third kappa shape index (κ3) is 4.71. The summed E-state index contributed by atoms with van der Waals surface area (Å²) in [5, 5.41) is 6.01. The number of likely N-dealkylation sites (tertiary alicyclic amines) is 1. The second kappa shape index (κ2) is 8.79. The molecule has 0 radical (unpaired) electrons. The average molecular weight is 421 g/mol. The topological polar surface area (TPSA) is 81.8 Å². The van der Waals surface area contributed by atoms with E-state index in [4.69, 9.17) is 0 Å². The number of benzene rings is 2. The van der Waals surface area contributed by atoms with Crippen molar-refractivity contribution in [2.45, 2.75) is 39.2 Å². The largest absolute Gasteiger partial charge is 0.335 e. The smallest absolute Gasteiger partial charge is 0.322 e. The zero-order valence-electron chi connectivity index (χ0n) is 18.0. The molecule has 0 unspecified atom stereocenters. The highest BCUT2D eigenvalue weighted by Crippen LogP contribution is 2.29. The van der Waals surface area contributed by atoms with Crippen LogP contribution in [0.4, 0.5) is 21.0 Å². The highest BCUT2D eigenvalue weighted by molar-refractivity contribution is 5.96. The molecule has 0 aliphatic carbocycles. The molecule has 0 spiro atoms. The lowest BCUT2D eigenvalue weighted by molar-refractivity contribution is 0.101. The number of piperidine rings is 1. The lowest BCUT2D eigenvalue weighted by Crippen LogP contribution is -2.50. The summed E-state index contributed by atoms with van der Waals surface area (Å²) in [5.41, 5.74) is 4.70. The Balaban J connectivity index is 1.26. The maximum absolute atomic E-state index is 12.8. The van der Waals surface area contributed by atoms with Crippen molar-refractivity contribution in [1.82, 2.24) is 10.2 Å². The first kappa shape index (κ1) is 20.9. The fraction of sp³-hybridized carbons (Fsp3) is 0.375. The number of amides is 4. The minimum Gasteiger partial charge on any atom is -0.335 e. The van der Waals surface area contributed by atoms with Gasteiger partial charge in [0.15, 0.2) is 5.78 Å². The van der Waals surface area contributed by atoms with E-state index < -0.39 is 0 Å². The molecule has 31 heavy (non-hydrogen) atoms. The summed E-state index contributed by atoms with van der Waals surface area (Å²) in [6, 6.07) is 12.9. The normalized spacial score (nSPS) is 16.1. The molecule has 7 heteroatoms. The molecule has 2 N–H and O–H groups in total. The number of hydrogen-bond acceptors (Lipinski definition) is 3. The second-order valence-corrected chi connectivity index (χ2v) is 8.31. The Bertz CT molecular complexity index is 994. The van der Waals surface area contributed by atoms with Crippen molar-refractivity contribution in [2.24, 2.45) is 0 Å². The van der Waals surface area contributed by atoms with Gasteiger partial charge in [-0.25, -0.2) is 9.59 Å². The van der Waals surface area contributed by atoms with Crippen molar-refractivity contribution in [1.29, 1.82) is 0 Å². The number of anilines is 2. The molecule has 2 aliphatic heterocycles. The van der Waals surface area contributed by atoms with Gasteiger partial charge in [-0.05, 0) is 69.0 Å². The molecule has 162 valence electrons. The fourth-order valence-electron chi connectivity index (χ4n) is 4.21. The van der Waals surface area contributed by atoms with Gasteiger partial charge in [-0.15, -0.1) is 0 Å². The van der Waals surface area contributed by atoms with E-state index >= 15 is 0 Å². The van der Waals surface area contributed by atoms with Crippen molar-refractivity contribution in [3.8, 4) is 0 Å². The van der Waals surface area contributed by atoms with Crippen LogP contribution in [0.1, 0.15) is 41.3 Å². The van der Waals surface area contributed by atoms with Crippen LogP contribution in [0, 0.1) is 6.92 Å². The number of carbonyl (C=O) groups is 3. The number of fused-ring (bicyclic) bond motifs is 1. The number of nitrogens with zero attached hydrogens (tertiary/aromatic N) is 2. The number of Topliss-reactive ketones (excluding diaryl/α,β-unsaturated/α-hetero) is 1. The minimum atomic E-state index is -0.163. The first-order chi connectivity index (χ1) is 14.9. The van der Waals surface area contributed by atoms with Gasteiger partial charge in [0.25, 0.3) is 0 Å². The van der Waals surface area contributed by atoms with Crippen LogP contribution in [-0.4, -0.2) is 48.4 Å². The van der Waals surface area contributed by atoms with E-state index in [1.807, 2.05) is 17.0 Å². The molecule has 0 bridgehead atoms. The van der Waals surface area contributed by atoms with Gasteiger partial charge in [-0.1, -0.05) is 17.7 Å². The van der Waals surface area contributed by atoms with E-state index in [9.17, 15) is 14.4 Å². The zero-order valence-corrected chi connectivity index (χ0v) is 18.0. The number of ketones is 1. The molecule has 2 aromatic rings. The van der Waals surface area contributed by atoms with Crippen molar-refractivity contribution in [3.05, 3.63) is 59.2 Å². The Labute approximate surface area is 182 Å². The molecule has 4 amide bonds. The first-order valence-corrected chi connectivity index (χ1v) is 10.8. The third-order valence-electron chi connectivity index (χ3n) is 6.03. The average Bonchev–Trinajstić information content (AvgIpc) is 3.17. The minimum absolute atomic E-state index is 0.00507. The summed E-state index contributed by atoms with van der Waals surface area (Å²) in [7, 11) is 0. The number of aryl methyl sites for hydroxylation is 1. The lowest BCUT2D eigenvalue weighted by Gasteiger charge is -2.33. The van der Waals surface area contributed by atoms with Crippen molar-refractivity contribution >= 4 is 29.2 Å². The molecule has 2 aromatic carbocycles. The van der Waals surface area contributed by atoms with Crippen LogP contribution in [0.5, 0.6) is 0 Å². The zero-order chi connectivity index (χ0) is 22.0. The SMILES string of the molecule is CC(=O)c1ccc(NC(=O)N2CCC(NC(=O)N3CCc4cc(C)ccc43)CC2)cc1. The standard InChI is InChI=1S/C24H28N4O3/c1-16-3-8-22-19(15-16)9-14-28(22)24(31)26-21-10-12-27(13-11-21)23(30)25-20-6-4-18(5-7-20)17(2)29/h3-8,15,21H,9-14H2,1-2H3,(H,25,30)(H,26,31). The van der Waals surface area contributed by atoms with Gasteiger partial charge in [0, 0.05) is 42.6 Å². The second-order valence-electron chi connectivity index (χ2n) is 8.31. The van der Waals surface area contributed by atoms with Gasteiger partial charge in [0.05, 0.1) is 0 Å². The highest BCUT2D eigenvalue weighted by Gasteiger charge is 2.28. The number of rotatable bonds is 3. The number of carbonyl (C=O) groups excluding carboxylic acids is 3.